The molecule has 0 aromatic rings. The molecule has 110 valence electrons. The van der Waals surface area contributed by atoms with Gasteiger partial charge in [0.05, 0.1) is 0 Å². The number of nitrogens with two attached hydrogens (primary N) is 1. The molecule has 2 atom stereocenters. The molecule has 0 radical (unpaired) electrons. The van der Waals surface area contributed by atoms with Crippen molar-refractivity contribution in [2.75, 3.05) is 27.9 Å². The maximum Gasteiger partial charge on any atom is 0.503 e. The van der Waals surface area contributed by atoms with Crippen molar-refractivity contribution in [3.8, 4) is 0 Å². The summed E-state index contributed by atoms with van der Waals surface area (Å²) in [6, 6.07) is 0. The van der Waals surface area contributed by atoms with E-state index in [9.17, 15) is 4.79 Å². The lowest BCUT2D eigenvalue weighted by Crippen LogP contribution is -2.51. The highest BCUT2D eigenvalue weighted by atomic mass is 28.4. The summed E-state index contributed by atoms with van der Waals surface area (Å²) in [4.78, 5) is 10.8. The standard InChI is InChI=1S/C10H23NO5Si.H3N/c1-5-9(8(7-11)6-10(12)13)17(14-2,15-3)16-4;/h8-9H,5-7,11H2,1-4H3,(H,12,13);1H3. The van der Waals surface area contributed by atoms with E-state index in [1.54, 1.807) is 0 Å². The van der Waals surface area contributed by atoms with Gasteiger partial charge in [-0.25, -0.2) is 0 Å². The highest BCUT2D eigenvalue weighted by Crippen LogP contribution is 2.35. The molecule has 0 aromatic heterocycles. The smallest absolute Gasteiger partial charge is 0.481 e. The van der Waals surface area contributed by atoms with Crippen LogP contribution < -0.4 is 11.9 Å². The van der Waals surface area contributed by atoms with Gasteiger partial charge in [0.1, 0.15) is 0 Å². The Kier molecular flexibility index (Phi) is 10.4. The molecule has 0 heterocycles. The lowest BCUT2D eigenvalue weighted by Gasteiger charge is -2.35. The summed E-state index contributed by atoms with van der Waals surface area (Å²) in [6.07, 6.45) is 0.705. The average Bonchev–Trinajstić information content (AvgIpc) is 2.33. The average molecular weight is 282 g/mol. The van der Waals surface area contributed by atoms with Crippen LogP contribution in [0.2, 0.25) is 5.54 Å². The van der Waals surface area contributed by atoms with Crippen molar-refractivity contribution in [2.45, 2.75) is 25.3 Å². The van der Waals surface area contributed by atoms with E-state index in [0.717, 1.165) is 0 Å². The number of aliphatic carboxylic acids is 1. The molecule has 8 heteroatoms. The first-order valence-corrected chi connectivity index (χ1v) is 7.38. The van der Waals surface area contributed by atoms with E-state index in [1.165, 1.54) is 21.3 Å². The minimum atomic E-state index is -2.84. The van der Waals surface area contributed by atoms with Crippen molar-refractivity contribution < 1.29 is 23.2 Å². The molecule has 0 aliphatic carbocycles. The Morgan fingerprint density at radius 2 is 1.72 bits per heavy atom. The fraction of sp³-hybridized carbons (Fsp3) is 0.900. The molecule has 0 amide bonds. The van der Waals surface area contributed by atoms with Crippen molar-refractivity contribution in [3.63, 3.8) is 0 Å². The Morgan fingerprint density at radius 1 is 1.28 bits per heavy atom. The predicted molar refractivity (Wildman–Crippen MR) is 70.6 cm³/mol. The molecule has 6 N–H and O–H groups in total. The molecule has 0 saturated heterocycles. The predicted octanol–water partition coefficient (Wildman–Crippen LogP) is 0.856. The van der Waals surface area contributed by atoms with Crippen LogP contribution in [-0.4, -0.2) is 47.8 Å². The largest absolute Gasteiger partial charge is 0.503 e. The van der Waals surface area contributed by atoms with Crippen LogP contribution in [0.4, 0.5) is 0 Å². The zero-order chi connectivity index (χ0) is 13.5. The molecule has 0 aromatic carbocycles. The number of carboxylic acids is 1. The first kappa shape index (κ1) is 19.8. The zero-order valence-electron chi connectivity index (χ0n) is 11.6. The minimum absolute atomic E-state index is 0. The first-order valence-electron chi connectivity index (χ1n) is 5.58. The molecule has 7 nitrogen and oxygen atoms in total. The number of carboxylic acid groups (broad SMARTS) is 1. The van der Waals surface area contributed by atoms with E-state index >= 15 is 0 Å². The normalized spacial score (nSPS) is 14.7. The third-order valence-corrected chi connectivity index (χ3v) is 6.55. The Morgan fingerprint density at radius 3 is 1.94 bits per heavy atom. The Labute approximate surface area is 110 Å². The summed E-state index contributed by atoms with van der Waals surface area (Å²) < 4.78 is 16.2. The van der Waals surface area contributed by atoms with Crippen LogP contribution in [0.1, 0.15) is 19.8 Å². The van der Waals surface area contributed by atoms with Gasteiger partial charge in [-0.1, -0.05) is 6.92 Å². The van der Waals surface area contributed by atoms with Crippen molar-refractivity contribution in [3.05, 3.63) is 0 Å². The quantitative estimate of drug-likeness (QED) is 0.535. The minimum Gasteiger partial charge on any atom is -0.481 e. The number of hydrogen-bond donors (Lipinski definition) is 3. The molecule has 0 spiro atoms. The summed E-state index contributed by atoms with van der Waals surface area (Å²) >= 11 is 0. The third kappa shape index (κ3) is 4.63. The van der Waals surface area contributed by atoms with Crippen LogP contribution in [0.25, 0.3) is 0 Å². The van der Waals surface area contributed by atoms with Crippen LogP contribution in [0, 0.1) is 5.92 Å². The van der Waals surface area contributed by atoms with Crippen LogP contribution in [0.15, 0.2) is 0 Å². The summed E-state index contributed by atoms with van der Waals surface area (Å²) in [5.41, 5.74) is 5.54. The Balaban J connectivity index is 0. The van der Waals surface area contributed by atoms with Gasteiger partial charge < -0.3 is 30.3 Å². The van der Waals surface area contributed by atoms with E-state index in [2.05, 4.69) is 0 Å². The van der Waals surface area contributed by atoms with Gasteiger partial charge in [-0.05, 0) is 18.9 Å². The van der Waals surface area contributed by atoms with Gasteiger partial charge in [0.25, 0.3) is 0 Å². The fourth-order valence-corrected chi connectivity index (χ4v) is 4.93. The second-order valence-corrected chi connectivity index (χ2v) is 7.00. The SMILES string of the molecule is CCC(C(CN)CC(=O)O)[Si](OC)(OC)OC.N. The van der Waals surface area contributed by atoms with Gasteiger partial charge in [-0.2, -0.15) is 0 Å². The van der Waals surface area contributed by atoms with Crippen molar-refractivity contribution in [1.29, 1.82) is 0 Å². The highest BCUT2D eigenvalue weighted by Gasteiger charge is 2.49. The van der Waals surface area contributed by atoms with Gasteiger partial charge in [-0.3, -0.25) is 4.79 Å². The monoisotopic (exact) mass is 282 g/mol. The fourth-order valence-electron chi connectivity index (χ4n) is 2.19. The number of carbonyl (C=O) groups is 1. The van der Waals surface area contributed by atoms with Crippen molar-refractivity contribution in [1.82, 2.24) is 6.15 Å². The second-order valence-electron chi connectivity index (χ2n) is 3.82. The highest BCUT2D eigenvalue weighted by molar-refractivity contribution is 6.62. The van der Waals surface area contributed by atoms with E-state index in [-0.39, 0.29) is 30.6 Å². The van der Waals surface area contributed by atoms with Gasteiger partial charge in [-0.15, -0.1) is 0 Å². The first-order chi connectivity index (χ1) is 8.01. The molecular weight excluding hydrogens is 256 g/mol. The van der Waals surface area contributed by atoms with Crippen molar-refractivity contribution in [2.24, 2.45) is 11.7 Å². The second kappa shape index (κ2) is 9.42. The molecule has 0 saturated carbocycles. The summed E-state index contributed by atoms with van der Waals surface area (Å²) in [6.45, 7) is 2.23. The van der Waals surface area contributed by atoms with E-state index < -0.39 is 14.8 Å². The lowest BCUT2D eigenvalue weighted by atomic mass is 9.99. The lowest BCUT2D eigenvalue weighted by molar-refractivity contribution is -0.138. The Bertz CT molecular complexity index is 230. The van der Waals surface area contributed by atoms with Crippen LogP contribution in [0.5, 0.6) is 0 Å². The zero-order valence-corrected chi connectivity index (χ0v) is 12.6. The summed E-state index contributed by atoms with van der Waals surface area (Å²) in [7, 11) is 1.73. The van der Waals surface area contributed by atoms with E-state index in [0.29, 0.717) is 6.42 Å². The van der Waals surface area contributed by atoms with Crippen LogP contribution in [-0.2, 0) is 18.1 Å². The molecule has 0 rings (SSSR count). The Hall–Kier alpha value is -0.513. The van der Waals surface area contributed by atoms with Gasteiger partial charge >= 0.3 is 14.8 Å². The number of hydrogen-bond acceptors (Lipinski definition) is 6. The van der Waals surface area contributed by atoms with Crippen LogP contribution >= 0.6 is 0 Å². The maximum absolute atomic E-state index is 10.8. The topological polar surface area (TPSA) is 126 Å². The molecule has 0 aliphatic heterocycles. The summed E-state index contributed by atoms with van der Waals surface area (Å²) in [5.74, 6) is -1.07. The number of rotatable bonds is 9. The molecule has 18 heavy (non-hydrogen) atoms. The third-order valence-electron chi connectivity index (χ3n) is 3.06. The molecular formula is C10H26N2O5Si. The van der Waals surface area contributed by atoms with Crippen molar-refractivity contribution >= 4 is 14.8 Å². The van der Waals surface area contributed by atoms with E-state index in [4.69, 9.17) is 24.1 Å². The molecule has 0 fully saturated rings. The van der Waals surface area contributed by atoms with Gasteiger partial charge in [0.2, 0.25) is 0 Å². The van der Waals surface area contributed by atoms with Gasteiger partial charge in [0.15, 0.2) is 0 Å². The summed E-state index contributed by atoms with van der Waals surface area (Å²) in [5, 5.41) is 8.88. The molecule has 2 unspecified atom stereocenters. The maximum atomic E-state index is 10.8. The van der Waals surface area contributed by atoms with Crippen LogP contribution in [0.3, 0.4) is 0 Å². The molecule has 0 aliphatic rings. The van der Waals surface area contributed by atoms with Gasteiger partial charge in [0, 0.05) is 33.3 Å². The molecule has 0 bridgehead atoms. The van der Waals surface area contributed by atoms with E-state index in [1.807, 2.05) is 6.92 Å².